The highest BCUT2D eigenvalue weighted by Gasteiger charge is 2.12. The molecule has 1 rings (SSSR count). The summed E-state index contributed by atoms with van der Waals surface area (Å²) in [5, 5.41) is 8.59. The van der Waals surface area contributed by atoms with Crippen LogP contribution in [0.15, 0.2) is 0 Å². The van der Waals surface area contributed by atoms with Gasteiger partial charge >= 0.3 is 6.09 Å². The molecule has 0 atom stereocenters. The highest BCUT2D eigenvalue weighted by atomic mass is 16.5. The van der Waals surface area contributed by atoms with E-state index in [1.54, 1.807) is 7.05 Å². The number of nitrogens with zero attached hydrogens (tertiary/aromatic N) is 2. The maximum Gasteiger partial charge on any atom is 0.407 e. The Hall–Kier alpha value is -0.810. The van der Waals surface area contributed by atoms with Gasteiger partial charge in [0, 0.05) is 33.2 Å². The molecule has 0 bridgehead atoms. The normalized spacial score (nSPS) is 18.5. The first-order valence-corrected chi connectivity index (χ1v) is 4.44. The van der Waals surface area contributed by atoms with Gasteiger partial charge in [0.05, 0.1) is 13.2 Å². The second kappa shape index (κ2) is 5.04. The molecular weight excluding hydrogens is 172 g/mol. The molecule has 1 N–H and O–H groups in total. The van der Waals surface area contributed by atoms with Gasteiger partial charge < -0.3 is 14.7 Å². The Morgan fingerprint density at radius 1 is 1.54 bits per heavy atom. The highest BCUT2D eigenvalue weighted by Crippen LogP contribution is 1.96. The third-order valence-corrected chi connectivity index (χ3v) is 2.18. The number of hydrogen-bond donors (Lipinski definition) is 1. The molecule has 1 heterocycles. The lowest BCUT2D eigenvalue weighted by molar-refractivity contribution is 0.0347. The zero-order valence-electron chi connectivity index (χ0n) is 7.90. The van der Waals surface area contributed by atoms with Gasteiger partial charge in [0.1, 0.15) is 0 Å². The summed E-state index contributed by atoms with van der Waals surface area (Å²) in [6.07, 6.45) is -0.867. The maximum atomic E-state index is 10.5. The van der Waals surface area contributed by atoms with E-state index in [2.05, 4.69) is 4.90 Å². The van der Waals surface area contributed by atoms with Crippen LogP contribution in [0.1, 0.15) is 0 Å². The standard InChI is InChI=1S/C8H16N2O3/c1-9(8(11)12)2-3-10-4-6-13-7-5-10/h2-7H2,1H3,(H,11,12). The number of carboxylic acid groups (broad SMARTS) is 1. The monoisotopic (exact) mass is 188 g/mol. The smallest absolute Gasteiger partial charge is 0.407 e. The third-order valence-electron chi connectivity index (χ3n) is 2.18. The SMILES string of the molecule is CN(CCN1CCOCC1)C(=O)O. The van der Waals surface area contributed by atoms with E-state index in [4.69, 9.17) is 9.84 Å². The van der Waals surface area contributed by atoms with Gasteiger partial charge in [-0.1, -0.05) is 0 Å². The van der Waals surface area contributed by atoms with Crippen molar-refractivity contribution in [3.05, 3.63) is 0 Å². The van der Waals surface area contributed by atoms with E-state index in [1.165, 1.54) is 4.90 Å². The topological polar surface area (TPSA) is 53.0 Å². The first-order chi connectivity index (χ1) is 6.20. The van der Waals surface area contributed by atoms with Crippen molar-refractivity contribution >= 4 is 6.09 Å². The van der Waals surface area contributed by atoms with Crippen molar-refractivity contribution in [1.82, 2.24) is 9.80 Å². The molecule has 5 heteroatoms. The average molecular weight is 188 g/mol. The molecule has 0 aromatic rings. The van der Waals surface area contributed by atoms with Crippen LogP contribution in [0.25, 0.3) is 0 Å². The molecule has 0 spiro atoms. The van der Waals surface area contributed by atoms with Crippen molar-refractivity contribution in [1.29, 1.82) is 0 Å². The molecule has 5 nitrogen and oxygen atoms in total. The summed E-state index contributed by atoms with van der Waals surface area (Å²) >= 11 is 0. The number of morpholine rings is 1. The molecule has 1 amide bonds. The van der Waals surface area contributed by atoms with Crippen LogP contribution in [-0.2, 0) is 4.74 Å². The number of carbonyl (C=O) groups is 1. The number of ether oxygens (including phenoxy) is 1. The molecule has 0 aromatic carbocycles. The molecular formula is C8H16N2O3. The molecule has 1 fully saturated rings. The van der Waals surface area contributed by atoms with Crippen LogP contribution in [0, 0.1) is 0 Å². The molecule has 1 saturated heterocycles. The van der Waals surface area contributed by atoms with Gasteiger partial charge in [0.15, 0.2) is 0 Å². The second-order valence-electron chi connectivity index (χ2n) is 3.16. The first kappa shape index (κ1) is 10.3. The first-order valence-electron chi connectivity index (χ1n) is 4.44. The van der Waals surface area contributed by atoms with Crippen molar-refractivity contribution in [3.63, 3.8) is 0 Å². The molecule has 0 aliphatic carbocycles. The number of likely N-dealkylation sites (N-methyl/N-ethyl adjacent to an activating group) is 1. The summed E-state index contributed by atoms with van der Waals surface area (Å²) in [6.45, 7) is 4.70. The van der Waals surface area contributed by atoms with Gasteiger partial charge in [-0.15, -0.1) is 0 Å². The van der Waals surface area contributed by atoms with Gasteiger partial charge in [-0.2, -0.15) is 0 Å². The van der Waals surface area contributed by atoms with E-state index in [1.807, 2.05) is 0 Å². The molecule has 0 radical (unpaired) electrons. The van der Waals surface area contributed by atoms with E-state index in [-0.39, 0.29) is 0 Å². The number of hydrogen-bond acceptors (Lipinski definition) is 3. The molecule has 13 heavy (non-hydrogen) atoms. The summed E-state index contributed by atoms with van der Waals surface area (Å²) in [7, 11) is 1.59. The summed E-state index contributed by atoms with van der Waals surface area (Å²) in [5.74, 6) is 0. The minimum absolute atomic E-state index is 0.565. The van der Waals surface area contributed by atoms with Crippen molar-refractivity contribution in [2.24, 2.45) is 0 Å². The van der Waals surface area contributed by atoms with E-state index in [0.717, 1.165) is 32.8 Å². The van der Waals surface area contributed by atoms with E-state index in [0.29, 0.717) is 6.54 Å². The fourth-order valence-corrected chi connectivity index (χ4v) is 1.21. The molecule has 1 aliphatic rings. The van der Waals surface area contributed by atoms with Crippen LogP contribution in [-0.4, -0.2) is 67.4 Å². The zero-order valence-corrected chi connectivity index (χ0v) is 7.90. The average Bonchev–Trinajstić information content (AvgIpc) is 2.15. The van der Waals surface area contributed by atoms with Crippen molar-refractivity contribution in [2.45, 2.75) is 0 Å². The fourth-order valence-electron chi connectivity index (χ4n) is 1.21. The summed E-state index contributed by atoms with van der Waals surface area (Å²) in [4.78, 5) is 14.0. The Morgan fingerprint density at radius 2 is 2.15 bits per heavy atom. The Balaban J connectivity index is 2.13. The Morgan fingerprint density at radius 3 is 2.69 bits per heavy atom. The van der Waals surface area contributed by atoms with Crippen LogP contribution in [0.5, 0.6) is 0 Å². The zero-order chi connectivity index (χ0) is 9.68. The minimum Gasteiger partial charge on any atom is -0.465 e. The summed E-state index contributed by atoms with van der Waals surface area (Å²) in [6, 6.07) is 0. The fraction of sp³-hybridized carbons (Fsp3) is 0.875. The van der Waals surface area contributed by atoms with Gasteiger partial charge in [0.25, 0.3) is 0 Å². The lowest BCUT2D eigenvalue weighted by Crippen LogP contribution is -2.41. The lowest BCUT2D eigenvalue weighted by Gasteiger charge is -2.27. The Kier molecular flexibility index (Phi) is 3.98. The van der Waals surface area contributed by atoms with E-state index < -0.39 is 6.09 Å². The van der Waals surface area contributed by atoms with Crippen LogP contribution in [0.2, 0.25) is 0 Å². The van der Waals surface area contributed by atoms with Gasteiger partial charge in [-0.25, -0.2) is 4.79 Å². The quantitative estimate of drug-likeness (QED) is 0.673. The van der Waals surface area contributed by atoms with Crippen LogP contribution < -0.4 is 0 Å². The molecule has 76 valence electrons. The predicted octanol–water partition coefficient (Wildman–Crippen LogP) is -0.0716. The van der Waals surface area contributed by atoms with Crippen LogP contribution in [0.3, 0.4) is 0 Å². The molecule has 0 saturated carbocycles. The van der Waals surface area contributed by atoms with Crippen molar-refractivity contribution in [3.8, 4) is 0 Å². The Labute approximate surface area is 77.9 Å². The molecule has 0 unspecified atom stereocenters. The maximum absolute atomic E-state index is 10.5. The number of amides is 1. The highest BCUT2D eigenvalue weighted by molar-refractivity contribution is 5.64. The molecule has 1 aliphatic heterocycles. The van der Waals surface area contributed by atoms with Gasteiger partial charge in [0.2, 0.25) is 0 Å². The predicted molar refractivity (Wildman–Crippen MR) is 47.9 cm³/mol. The molecule has 0 aromatic heterocycles. The number of rotatable bonds is 3. The minimum atomic E-state index is -0.867. The Bertz CT molecular complexity index is 169. The van der Waals surface area contributed by atoms with Gasteiger partial charge in [-0.05, 0) is 0 Å². The van der Waals surface area contributed by atoms with Crippen LogP contribution >= 0.6 is 0 Å². The van der Waals surface area contributed by atoms with E-state index >= 15 is 0 Å². The lowest BCUT2D eigenvalue weighted by atomic mass is 10.4. The van der Waals surface area contributed by atoms with Crippen molar-refractivity contribution < 1.29 is 14.6 Å². The van der Waals surface area contributed by atoms with Crippen LogP contribution in [0.4, 0.5) is 4.79 Å². The largest absolute Gasteiger partial charge is 0.465 e. The third kappa shape index (κ3) is 3.61. The van der Waals surface area contributed by atoms with Crippen molar-refractivity contribution in [2.75, 3.05) is 46.4 Å². The summed E-state index contributed by atoms with van der Waals surface area (Å²) in [5.41, 5.74) is 0. The van der Waals surface area contributed by atoms with E-state index in [9.17, 15) is 4.79 Å². The second-order valence-corrected chi connectivity index (χ2v) is 3.16. The summed E-state index contributed by atoms with van der Waals surface area (Å²) < 4.78 is 5.18. The van der Waals surface area contributed by atoms with Gasteiger partial charge in [-0.3, -0.25) is 4.90 Å².